The van der Waals surface area contributed by atoms with E-state index < -0.39 is 23.3 Å². The molecule has 2 saturated carbocycles. The van der Waals surface area contributed by atoms with Crippen LogP contribution in [0.1, 0.15) is 45.5 Å². The molecular formula is C25H22N2O7. The number of carbonyl (C=O) groups excluding carboxylic acids is 4. The minimum Gasteiger partial charge on any atom is -0.454 e. The summed E-state index contributed by atoms with van der Waals surface area (Å²) >= 11 is 0. The molecule has 2 aliphatic carbocycles. The van der Waals surface area contributed by atoms with Crippen LogP contribution in [-0.4, -0.2) is 35.1 Å². The third-order valence-corrected chi connectivity index (χ3v) is 7.33. The highest BCUT2D eigenvalue weighted by molar-refractivity contribution is 6.22. The molecule has 34 heavy (non-hydrogen) atoms. The SMILES string of the molecule is Cc1ccc(C(=O)COC(=O)c2cccc(N3C(=O)[C@H]4[C@H]5CC[C@@H](C5)[C@@H]4C3=O)c2)cc1[N+](=O)[O-]. The Labute approximate surface area is 194 Å². The Morgan fingerprint density at radius 2 is 1.71 bits per heavy atom. The monoisotopic (exact) mass is 462 g/mol. The summed E-state index contributed by atoms with van der Waals surface area (Å²) in [6.07, 6.45) is 2.89. The summed E-state index contributed by atoms with van der Waals surface area (Å²) in [4.78, 5) is 62.8. The van der Waals surface area contributed by atoms with E-state index in [4.69, 9.17) is 4.74 Å². The van der Waals surface area contributed by atoms with E-state index in [-0.39, 0.29) is 52.3 Å². The molecule has 4 atom stereocenters. The van der Waals surface area contributed by atoms with Crippen molar-refractivity contribution in [2.24, 2.45) is 23.7 Å². The fourth-order valence-electron chi connectivity index (χ4n) is 5.71. The number of ether oxygens (including phenoxy) is 1. The molecule has 174 valence electrons. The Morgan fingerprint density at radius 3 is 2.35 bits per heavy atom. The highest BCUT2D eigenvalue weighted by atomic mass is 16.6. The van der Waals surface area contributed by atoms with E-state index in [9.17, 15) is 29.3 Å². The van der Waals surface area contributed by atoms with Crippen LogP contribution in [0.25, 0.3) is 0 Å². The number of benzene rings is 2. The predicted molar refractivity (Wildman–Crippen MR) is 119 cm³/mol. The van der Waals surface area contributed by atoms with Gasteiger partial charge in [0.2, 0.25) is 17.6 Å². The molecular weight excluding hydrogens is 440 g/mol. The normalized spacial score (nSPS) is 24.9. The molecule has 1 saturated heterocycles. The van der Waals surface area contributed by atoms with E-state index in [1.165, 1.54) is 29.2 Å². The van der Waals surface area contributed by atoms with Crippen LogP contribution < -0.4 is 4.90 Å². The number of fused-ring (bicyclic) bond motifs is 5. The quantitative estimate of drug-likeness (QED) is 0.212. The molecule has 2 bridgehead atoms. The Bertz CT molecular complexity index is 1230. The standard InChI is InChI=1S/C25H22N2O7/c1-13-5-6-14(11-19(13)27(32)33)20(28)12-34-25(31)17-3-2-4-18(10-17)26-23(29)21-15-7-8-16(9-15)22(21)24(26)30/h2-6,10-11,15-16,21-22H,7-9,12H2,1H3/t15-,16-,21-,22-/m0/s1. The van der Waals surface area contributed by atoms with E-state index in [0.717, 1.165) is 25.3 Å². The number of esters is 1. The van der Waals surface area contributed by atoms with E-state index in [1.54, 1.807) is 19.1 Å². The first-order valence-electron chi connectivity index (χ1n) is 11.2. The zero-order chi connectivity index (χ0) is 24.1. The van der Waals surface area contributed by atoms with Gasteiger partial charge in [-0.25, -0.2) is 4.79 Å². The largest absolute Gasteiger partial charge is 0.454 e. The number of nitro groups is 1. The van der Waals surface area contributed by atoms with E-state index in [0.29, 0.717) is 11.3 Å². The summed E-state index contributed by atoms with van der Waals surface area (Å²) in [5.74, 6) is -1.80. The zero-order valence-electron chi connectivity index (χ0n) is 18.4. The second kappa shape index (κ2) is 8.16. The molecule has 0 unspecified atom stereocenters. The van der Waals surface area contributed by atoms with Crippen molar-refractivity contribution in [1.29, 1.82) is 0 Å². The van der Waals surface area contributed by atoms with Crippen LogP contribution in [-0.2, 0) is 14.3 Å². The van der Waals surface area contributed by atoms with Gasteiger partial charge in [0, 0.05) is 17.2 Å². The van der Waals surface area contributed by atoms with Crippen molar-refractivity contribution in [3.8, 4) is 0 Å². The first kappa shape index (κ1) is 21.9. The highest BCUT2D eigenvalue weighted by Crippen LogP contribution is 2.56. The van der Waals surface area contributed by atoms with Crippen LogP contribution >= 0.6 is 0 Å². The molecule has 3 aliphatic rings. The average molecular weight is 462 g/mol. The lowest BCUT2D eigenvalue weighted by Crippen LogP contribution is -2.32. The maximum Gasteiger partial charge on any atom is 0.338 e. The molecule has 0 spiro atoms. The smallest absolute Gasteiger partial charge is 0.338 e. The van der Waals surface area contributed by atoms with Crippen molar-refractivity contribution in [2.75, 3.05) is 11.5 Å². The number of hydrogen-bond donors (Lipinski definition) is 0. The summed E-state index contributed by atoms with van der Waals surface area (Å²) in [7, 11) is 0. The van der Waals surface area contributed by atoms with Crippen molar-refractivity contribution < 1.29 is 28.8 Å². The van der Waals surface area contributed by atoms with Crippen molar-refractivity contribution in [2.45, 2.75) is 26.2 Å². The molecule has 0 N–H and O–H groups in total. The van der Waals surface area contributed by atoms with Gasteiger partial charge in [0.15, 0.2) is 6.61 Å². The number of anilines is 1. The number of Topliss-reactive ketones (excluding diaryl/α,β-unsaturated/α-hetero) is 1. The number of aryl methyl sites for hydroxylation is 1. The van der Waals surface area contributed by atoms with Crippen LogP contribution in [0, 0.1) is 40.7 Å². The zero-order valence-corrected chi connectivity index (χ0v) is 18.4. The molecule has 0 radical (unpaired) electrons. The highest BCUT2D eigenvalue weighted by Gasteiger charge is 2.61. The lowest BCUT2D eigenvalue weighted by Gasteiger charge is -2.19. The number of rotatable bonds is 6. The molecule has 5 rings (SSSR count). The minimum absolute atomic E-state index is 0.0632. The van der Waals surface area contributed by atoms with Crippen LogP contribution in [0.5, 0.6) is 0 Å². The van der Waals surface area contributed by atoms with Crippen LogP contribution in [0.3, 0.4) is 0 Å². The van der Waals surface area contributed by atoms with Gasteiger partial charge in [-0.3, -0.25) is 29.4 Å². The predicted octanol–water partition coefficient (Wildman–Crippen LogP) is 3.48. The number of ketones is 1. The Hall–Kier alpha value is -3.88. The van der Waals surface area contributed by atoms with Gasteiger partial charge in [0.25, 0.3) is 5.69 Å². The summed E-state index contributed by atoms with van der Waals surface area (Å²) < 4.78 is 5.12. The number of carbonyl (C=O) groups is 4. The Kier molecular flexibility index (Phi) is 5.27. The van der Waals surface area contributed by atoms with Crippen LogP contribution in [0.15, 0.2) is 42.5 Å². The van der Waals surface area contributed by atoms with Crippen molar-refractivity contribution >= 4 is 34.9 Å². The Balaban J connectivity index is 1.29. The molecule has 9 nitrogen and oxygen atoms in total. The minimum atomic E-state index is -0.795. The van der Waals surface area contributed by atoms with Crippen LogP contribution in [0.2, 0.25) is 0 Å². The third kappa shape index (κ3) is 3.48. The number of nitro benzene ring substituents is 1. The molecule has 1 aliphatic heterocycles. The molecule has 1 heterocycles. The number of nitrogens with zero attached hydrogens (tertiary/aromatic N) is 2. The van der Waals surface area contributed by atoms with E-state index >= 15 is 0 Å². The van der Waals surface area contributed by atoms with Gasteiger partial charge < -0.3 is 4.74 Å². The van der Waals surface area contributed by atoms with Crippen molar-refractivity contribution in [1.82, 2.24) is 0 Å². The van der Waals surface area contributed by atoms with Gasteiger partial charge in [-0.15, -0.1) is 0 Å². The first-order chi connectivity index (χ1) is 16.3. The Morgan fingerprint density at radius 1 is 1.03 bits per heavy atom. The lowest BCUT2D eigenvalue weighted by atomic mass is 9.81. The molecule has 2 aromatic rings. The summed E-state index contributed by atoms with van der Waals surface area (Å²) in [5.41, 5.74) is 0.703. The molecule has 0 aromatic heterocycles. The second-order valence-electron chi connectivity index (χ2n) is 9.20. The lowest BCUT2D eigenvalue weighted by molar-refractivity contribution is -0.385. The fraction of sp³-hybridized carbons (Fsp3) is 0.360. The third-order valence-electron chi connectivity index (χ3n) is 7.33. The maximum absolute atomic E-state index is 13.0. The molecule has 2 aromatic carbocycles. The van der Waals surface area contributed by atoms with E-state index in [2.05, 4.69) is 0 Å². The fourth-order valence-corrected chi connectivity index (χ4v) is 5.71. The van der Waals surface area contributed by atoms with Crippen LogP contribution in [0.4, 0.5) is 11.4 Å². The van der Waals surface area contributed by atoms with Crippen molar-refractivity contribution in [3.05, 3.63) is 69.3 Å². The topological polar surface area (TPSA) is 124 Å². The molecule has 9 heteroatoms. The van der Waals surface area contributed by atoms with E-state index in [1.807, 2.05) is 0 Å². The number of hydrogen-bond acceptors (Lipinski definition) is 7. The summed E-state index contributed by atoms with van der Waals surface area (Å²) in [6.45, 7) is 0.964. The van der Waals surface area contributed by atoms with Gasteiger partial charge in [-0.05, 0) is 56.2 Å². The van der Waals surface area contributed by atoms with Gasteiger partial charge in [-0.2, -0.15) is 0 Å². The van der Waals surface area contributed by atoms with Gasteiger partial charge in [0.05, 0.1) is 28.0 Å². The van der Waals surface area contributed by atoms with Gasteiger partial charge in [-0.1, -0.05) is 18.2 Å². The summed E-state index contributed by atoms with van der Waals surface area (Å²) in [5, 5.41) is 11.1. The maximum atomic E-state index is 13.0. The average Bonchev–Trinajstić information content (AvgIpc) is 3.51. The molecule has 2 amide bonds. The number of imide groups is 1. The molecule has 3 fully saturated rings. The summed E-state index contributed by atoms with van der Waals surface area (Å²) in [6, 6.07) is 10.1. The van der Waals surface area contributed by atoms with Gasteiger partial charge >= 0.3 is 5.97 Å². The van der Waals surface area contributed by atoms with Gasteiger partial charge in [0.1, 0.15) is 0 Å². The number of amides is 2. The second-order valence-corrected chi connectivity index (χ2v) is 9.20. The first-order valence-corrected chi connectivity index (χ1v) is 11.2. The van der Waals surface area contributed by atoms with Crippen molar-refractivity contribution in [3.63, 3.8) is 0 Å².